The molecule has 0 fully saturated rings. The summed E-state index contributed by atoms with van der Waals surface area (Å²) in [7, 11) is -2.73. The average molecular weight is 417 g/mol. The van der Waals surface area contributed by atoms with Gasteiger partial charge in [0.2, 0.25) is 0 Å². The van der Waals surface area contributed by atoms with Gasteiger partial charge in [-0.05, 0) is 0 Å². The second kappa shape index (κ2) is 10.2. The first-order chi connectivity index (χ1) is 5.74. The largest absolute Gasteiger partial charge is 0 e. The van der Waals surface area contributed by atoms with Crippen molar-refractivity contribution < 1.29 is 16.0 Å². The van der Waals surface area contributed by atoms with Crippen molar-refractivity contribution in [3.63, 3.8) is 0 Å². The van der Waals surface area contributed by atoms with E-state index in [2.05, 4.69) is 0 Å². The van der Waals surface area contributed by atoms with Crippen LogP contribution in [0.5, 0.6) is 0 Å². The standard InChI is InChI=1S/C6H15O4Si.2Sn/c1-4-8-11(7,9-5-2)10-6-3;;/h4-6H2,1-3H3;;/q-1;;+1. The van der Waals surface area contributed by atoms with Gasteiger partial charge in [-0.15, -0.1) is 0 Å². The van der Waals surface area contributed by atoms with Gasteiger partial charge >= 0.3 is 88.6 Å². The van der Waals surface area contributed by atoms with Crippen LogP contribution in [0.2, 0.25) is 0 Å². The monoisotopic (exact) mass is 419 g/mol. The second-order valence-corrected chi connectivity index (χ2v) is 5.72. The third-order valence-electron chi connectivity index (χ3n) is 1.09. The van der Waals surface area contributed by atoms with E-state index in [0.717, 1.165) is 22.9 Å². The molecule has 7 radical (unpaired) electrons. The molecular weight excluding hydrogens is 402 g/mol. The van der Waals surface area contributed by atoms with Crippen molar-refractivity contribution in [1.29, 1.82) is 0 Å². The average Bonchev–Trinajstić information content (AvgIpc) is 2.06. The van der Waals surface area contributed by atoms with E-state index in [1.807, 2.05) is 20.8 Å². The summed E-state index contributed by atoms with van der Waals surface area (Å²) >= 11 is 0.918. The van der Waals surface area contributed by atoms with Crippen LogP contribution in [0.4, 0.5) is 0 Å². The van der Waals surface area contributed by atoms with Gasteiger partial charge < -0.3 is 0 Å². The van der Waals surface area contributed by atoms with E-state index in [4.69, 9.17) is 16.0 Å². The van der Waals surface area contributed by atoms with Crippen molar-refractivity contribution in [1.82, 2.24) is 0 Å². The van der Waals surface area contributed by atoms with E-state index in [9.17, 15) is 0 Å². The number of rotatable bonds is 7. The van der Waals surface area contributed by atoms with E-state index in [-0.39, 0.29) is 23.9 Å². The number of hydrogen-bond acceptors (Lipinski definition) is 4. The van der Waals surface area contributed by atoms with Gasteiger partial charge in [0.15, 0.2) is 0 Å². The molecule has 0 aromatic rings. The molecule has 0 saturated heterocycles. The van der Waals surface area contributed by atoms with Crippen LogP contribution in [0.3, 0.4) is 0 Å². The maximum Gasteiger partial charge on any atom is 0 e. The van der Waals surface area contributed by atoms with Crippen molar-refractivity contribution in [2.75, 3.05) is 19.8 Å². The van der Waals surface area contributed by atoms with Crippen LogP contribution in [-0.4, -0.2) is 75.7 Å². The first-order valence-electron chi connectivity index (χ1n) is 4.01. The van der Waals surface area contributed by atoms with Gasteiger partial charge in [0.05, 0.1) is 0 Å². The molecule has 7 heteroatoms. The normalized spacial score (nSPS) is 11.1. The van der Waals surface area contributed by atoms with Crippen LogP contribution in [0.1, 0.15) is 20.8 Å². The minimum absolute atomic E-state index is 0. The summed E-state index contributed by atoms with van der Waals surface area (Å²) in [4.78, 5) is 0. The molecule has 0 aromatic carbocycles. The molecule has 0 bridgehead atoms. The molecule has 75 valence electrons. The molecule has 0 aromatic heterocycles. The molecule has 0 saturated carbocycles. The molecule has 4 nitrogen and oxygen atoms in total. The van der Waals surface area contributed by atoms with Gasteiger partial charge in [-0.1, -0.05) is 0 Å². The molecule has 0 heterocycles. The predicted molar refractivity (Wildman–Crippen MR) is 53.2 cm³/mol. The van der Waals surface area contributed by atoms with E-state index in [1.165, 1.54) is 0 Å². The smallest absolute Gasteiger partial charge is 0 e. The Balaban J connectivity index is 0. The fourth-order valence-corrected chi connectivity index (χ4v) is 3.74. The molecule has 0 atom stereocenters. The zero-order valence-electron chi connectivity index (χ0n) is 8.25. The first kappa shape index (κ1) is 17.1. The summed E-state index contributed by atoms with van der Waals surface area (Å²) in [6.45, 7) is 7.36. The van der Waals surface area contributed by atoms with Crippen molar-refractivity contribution in [3.05, 3.63) is 0 Å². The molecule has 0 N–H and O–H groups in total. The fraction of sp³-hybridized carbons (Fsp3) is 1.00. The van der Waals surface area contributed by atoms with Crippen molar-refractivity contribution in [2.45, 2.75) is 20.8 Å². The van der Waals surface area contributed by atoms with E-state index in [1.54, 1.807) is 0 Å². The van der Waals surface area contributed by atoms with Crippen LogP contribution < -0.4 is 0 Å². The van der Waals surface area contributed by atoms with E-state index in [0.29, 0.717) is 19.8 Å². The Hall–Kier alpha value is 1.65. The molecular formula is C6H15O4SiSn2. The van der Waals surface area contributed by atoms with Crippen LogP contribution in [0, 0.1) is 0 Å². The van der Waals surface area contributed by atoms with E-state index >= 15 is 0 Å². The van der Waals surface area contributed by atoms with Crippen LogP contribution >= 0.6 is 0 Å². The summed E-state index contributed by atoms with van der Waals surface area (Å²) in [5, 5.41) is 0. The quantitative estimate of drug-likeness (QED) is 0.558. The summed E-state index contributed by atoms with van der Waals surface area (Å²) in [5.74, 6) is 0. The Kier molecular flexibility index (Phi) is 13.4. The minimum atomic E-state index is -2.73. The maximum atomic E-state index is 5.35. The van der Waals surface area contributed by atoms with Gasteiger partial charge in [-0.2, -0.15) is 0 Å². The van der Waals surface area contributed by atoms with E-state index < -0.39 is 9.05 Å². The maximum absolute atomic E-state index is 5.35. The van der Waals surface area contributed by atoms with Crippen molar-refractivity contribution in [3.8, 4) is 0 Å². The van der Waals surface area contributed by atoms with Crippen LogP contribution in [0.25, 0.3) is 0 Å². The third kappa shape index (κ3) is 6.69. The van der Waals surface area contributed by atoms with Crippen LogP contribution in [0.15, 0.2) is 0 Å². The summed E-state index contributed by atoms with van der Waals surface area (Å²) < 4.78 is 21.3. The third-order valence-corrected chi connectivity index (χ3v) is 5.41. The molecule has 0 spiro atoms. The van der Waals surface area contributed by atoms with Gasteiger partial charge in [0, 0.05) is 23.9 Å². The zero-order valence-corrected chi connectivity index (χ0v) is 15.0. The fourth-order valence-electron chi connectivity index (χ4n) is 0.744. The van der Waals surface area contributed by atoms with Gasteiger partial charge in [-0.3, -0.25) is 0 Å². The molecule has 0 amide bonds. The van der Waals surface area contributed by atoms with Gasteiger partial charge in [0.1, 0.15) is 0 Å². The molecule has 0 aliphatic carbocycles. The first-order valence-corrected chi connectivity index (χ1v) is 6.81. The molecule has 13 heavy (non-hydrogen) atoms. The molecule has 0 rings (SSSR count). The Morgan fingerprint density at radius 1 is 0.923 bits per heavy atom. The number of hydrogen-bond donors (Lipinski definition) is 0. The Labute approximate surface area is 112 Å². The van der Waals surface area contributed by atoms with Gasteiger partial charge in [0.25, 0.3) is 0 Å². The molecule has 0 unspecified atom stereocenters. The van der Waals surface area contributed by atoms with Crippen molar-refractivity contribution >= 4 is 55.9 Å². The van der Waals surface area contributed by atoms with Gasteiger partial charge in [-0.25, -0.2) is 0 Å². The minimum Gasteiger partial charge on any atom is 0 e. The SMILES string of the molecule is CCO[Si]([O][Sn])(OCC)OCC.[Sn]. The Morgan fingerprint density at radius 2 is 1.23 bits per heavy atom. The second-order valence-electron chi connectivity index (χ2n) is 1.90. The summed E-state index contributed by atoms with van der Waals surface area (Å²) in [6.07, 6.45) is 0. The Bertz CT molecular complexity index is 99.8. The summed E-state index contributed by atoms with van der Waals surface area (Å²) in [5.41, 5.74) is 0. The predicted octanol–water partition coefficient (Wildman–Crippen LogP) is 0.251. The van der Waals surface area contributed by atoms with Crippen molar-refractivity contribution in [2.24, 2.45) is 0 Å². The molecule has 0 aliphatic rings. The topological polar surface area (TPSA) is 36.9 Å². The molecule has 0 aliphatic heterocycles. The van der Waals surface area contributed by atoms with Crippen LogP contribution in [-0.2, 0) is 16.0 Å². The summed E-state index contributed by atoms with van der Waals surface area (Å²) in [6, 6.07) is 0. The zero-order chi connectivity index (χ0) is 9.45. The Morgan fingerprint density at radius 3 is 1.38 bits per heavy atom.